The molecular weight excluding hydrogens is 508 g/mol. The van der Waals surface area contributed by atoms with Crippen molar-refractivity contribution in [3.63, 3.8) is 0 Å². The summed E-state index contributed by atoms with van der Waals surface area (Å²) in [6.07, 6.45) is -3.46. The average molecular weight is 527 g/mol. The SMILES string of the molecule is Cc1c(/C=C(\C#N)S(=O)(=O)c2cc(Cl)ccc2Cl)cc(C(C)C)n1-c1ccccc1C(F)(F)F. The monoisotopic (exact) mass is 526 g/mol. The van der Waals surface area contributed by atoms with Crippen molar-refractivity contribution >= 4 is 39.1 Å². The number of nitrogens with zero attached hydrogens (tertiary/aromatic N) is 2. The van der Waals surface area contributed by atoms with Crippen LogP contribution in [0.25, 0.3) is 11.8 Å². The minimum absolute atomic E-state index is 0.0879. The first-order valence-electron chi connectivity index (χ1n) is 9.99. The third-order valence-corrected chi connectivity index (χ3v) is 7.61. The highest BCUT2D eigenvalue weighted by atomic mass is 35.5. The fourth-order valence-corrected chi connectivity index (χ4v) is 5.47. The second kappa shape index (κ2) is 9.49. The molecule has 0 aliphatic heterocycles. The molecule has 0 unspecified atom stereocenters. The number of para-hydroxylation sites is 1. The summed E-state index contributed by atoms with van der Waals surface area (Å²) in [5, 5.41) is 9.67. The highest BCUT2D eigenvalue weighted by Crippen LogP contribution is 2.38. The van der Waals surface area contributed by atoms with Crippen molar-refractivity contribution in [1.29, 1.82) is 5.26 Å². The van der Waals surface area contributed by atoms with Crippen molar-refractivity contribution in [2.45, 2.75) is 37.8 Å². The number of alkyl halides is 3. The lowest BCUT2D eigenvalue weighted by Gasteiger charge is -2.19. The molecule has 4 nitrogen and oxygen atoms in total. The van der Waals surface area contributed by atoms with Crippen LogP contribution in [-0.2, 0) is 16.0 Å². The molecular formula is C24H19Cl2F3N2O2S. The quantitative estimate of drug-likeness (QED) is 0.322. The third-order valence-electron chi connectivity index (χ3n) is 5.23. The zero-order chi connectivity index (χ0) is 25.4. The second-order valence-corrected chi connectivity index (χ2v) is 10.5. The van der Waals surface area contributed by atoms with Crippen molar-refractivity contribution < 1.29 is 21.6 Å². The van der Waals surface area contributed by atoms with Crippen molar-refractivity contribution in [2.24, 2.45) is 0 Å². The Balaban J connectivity index is 2.27. The van der Waals surface area contributed by atoms with Crippen molar-refractivity contribution in [1.82, 2.24) is 4.57 Å². The van der Waals surface area contributed by atoms with E-state index in [4.69, 9.17) is 23.2 Å². The van der Waals surface area contributed by atoms with Gasteiger partial charge in [0.05, 0.1) is 21.2 Å². The van der Waals surface area contributed by atoms with Gasteiger partial charge in [-0.3, -0.25) is 0 Å². The van der Waals surface area contributed by atoms with Crippen LogP contribution in [0.4, 0.5) is 13.2 Å². The molecule has 1 aromatic heterocycles. The number of allylic oxidation sites excluding steroid dienone is 1. The summed E-state index contributed by atoms with van der Waals surface area (Å²) in [5.41, 5.74) is 0.246. The summed E-state index contributed by atoms with van der Waals surface area (Å²) in [7, 11) is -4.34. The van der Waals surface area contributed by atoms with Crippen LogP contribution in [-0.4, -0.2) is 13.0 Å². The maximum Gasteiger partial charge on any atom is 0.418 e. The second-order valence-electron chi connectivity index (χ2n) is 7.81. The van der Waals surface area contributed by atoms with E-state index in [1.54, 1.807) is 19.1 Å². The van der Waals surface area contributed by atoms with Crippen LogP contribution in [0.1, 0.15) is 42.3 Å². The number of rotatable bonds is 5. The number of hydrogen-bond acceptors (Lipinski definition) is 3. The predicted octanol–water partition coefficient (Wildman–Crippen LogP) is 7.57. The molecule has 0 saturated carbocycles. The van der Waals surface area contributed by atoms with E-state index in [0.717, 1.165) is 18.2 Å². The molecule has 0 aliphatic rings. The third kappa shape index (κ3) is 4.88. The molecule has 0 amide bonds. The van der Waals surface area contributed by atoms with Gasteiger partial charge < -0.3 is 4.57 Å². The zero-order valence-corrected chi connectivity index (χ0v) is 20.6. The number of halogens is 5. The molecule has 0 radical (unpaired) electrons. The van der Waals surface area contributed by atoms with Crippen molar-refractivity contribution in [3.8, 4) is 11.8 Å². The number of hydrogen-bond donors (Lipinski definition) is 0. The number of benzene rings is 2. The fraction of sp³-hybridized carbons (Fsp3) is 0.208. The lowest BCUT2D eigenvalue weighted by Crippen LogP contribution is -2.13. The Morgan fingerprint density at radius 1 is 1.12 bits per heavy atom. The summed E-state index contributed by atoms with van der Waals surface area (Å²) in [5.74, 6) is -0.202. The molecule has 0 saturated heterocycles. The number of nitriles is 1. The Morgan fingerprint density at radius 3 is 2.35 bits per heavy atom. The van der Waals surface area contributed by atoms with Crippen LogP contribution in [0.2, 0.25) is 10.0 Å². The first-order chi connectivity index (χ1) is 15.8. The molecule has 0 spiro atoms. The standard InChI is InChI=1S/C24H19Cl2F3N2O2S/c1-14(2)22-11-16(15(3)31(22)21-7-5-4-6-19(21)24(27,28)29)10-18(13-30)34(32,33)23-12-17(25)8-9-20(23)26/h4-12,14H,1-3H3/b18-10+. The van der Waals surface area contributed by atoms with Crippen LogP contribution in [0.3, 0.4) is 0 Å². The summed E-state index contributed by atoms with van der Waals surface area (Å²) in [6, 6.07) is 12.3. The molecule has 0 bridgehead atoms. The van der Waals surface area contributed by atoms with Crippen LogP contribution in [0, 0.1) is 18.3 Å². The Labute approximate surface area is 205 Å². The van der Waals surface area contributed by atoms with E-state index in [0.29, 0.717) is 17.0 Å². The molecule has 0 atom stereocenters. The van der Waals surface area contributed by atoms with Gasteiger partial charge in [-0.2, -0.15) is 18.4 Å². The van der Waals surface area contributed by atoms with Gasteiger partial charge in [-0.15, -0.1) is 0 Å². The number of sulfone groups is 1. The van der Waals surface area contributed by atoms with Crippen LogP contribution < -0.4 is 0 Å². The molecule has 2 aromatic carbocycles. The van der Waals surface area contributed by atoms with Crippen molar-refractivity contribution in [3.05, 3.63) is 86.0 Å². The molecule has 3 rings (SSSR count). The lowest BCUT2D eigenvalue weighted by molar-refractivity contribution is -0.137. The first kappa shape index (κ1) is 25.9. The zero-order valence-electron chi connectivity index (χ0n) is 18.3. The summed E-state index contributed by atoms with van der Waals surface area (Å²) in [4.78, 5) is -0.950. The molecule has 0 aliphatic carbocycles. The lowest BCUT2D eigenvalue weighted by atomic mass is 10.1. The Bertz CT molecular complexity index is 1430. The normalized spacial score (nSPS) is 12.8. The average Bonchev–Trinajstić information content (AvgIpc) is 3.09. The van der Waals surface area contributed by atoms with Gasteiger partial charge in [0.15, 0.2) is 0 Å². The van der Waals surface area contributed by atoms with Gasteiger partial charge in [0.1, 0.15) is 11.0 Å². The topological polar surface area (TPSA) is 62.9 Å². The molecule has 34 heavy (non-hydrogen) atoms. The predicted molar refractivity (Wildman–Crippen MR) is 127 cm³/mol. The molecule has 3 aromatic rings. The fourth-order valence-electron chi connectivity index (χ4n) is 3.56. The first-order valence-corrected chi connectivity index (χ1v) is 12.2. The van der Waals surface area contributed by atoms with Crippen LogP contribution in [0.5, 0.6) is 0 Å². The van der Waals surface area contributed by atoms with E-state index in [2.05, 4.69) is 0 Å². The van der Waals surface area contributed by atoms with E-state index in [9.17, 15) is 26.9 Å². The minimum Gasteiger partial charge on any atom is -0.317 e. The maximum atomic E-state index is 13.7. The maximum absolute atomic E-state index is 13.7. The summed E-state index contributed by atoms with van der Waals surface area (Å²) >= 11 is 12.0. The summed E-state index contributed by atoms with van der Waals surface area (Å²) < 4.78 is 68.9. The van der Waals surface area contributed by atoms with Gasteiger partial charge in [-0.1, -0.05) is 49.2 Å². The largest absolute Gasteiger partial charge is 0.418 e. The minimum atomic E-state index is -4.60. The number of aromatic nitrogens is 1. The van der Waals surface area contributed by atoms with Gasteiger partial charge in [-0.25, -0.2) is 8.42 Å². The van der Waals surface area contributed by atoms with Crippen LogP contribution in [0.15, 0.2) is 58.3 Å². The van der Waals surface area contributed by atoms with Gasteiger partial charge in [0.25, 0.3) is 0 Å². The van der Waals surface area contributed by atoms with E-state index in [1.807, 2.05) is 13.8 Å². The van der Waals surface area contributed by atoms with Gasteiger partial charge in [0.2, 0.25) is 9.84 Å². The Morgan fingerprint density at radius 2 is 1.76 bits per heavy atom. The smallest absolute Gasteiger partial charge is 0.317 e. The van der Waals surface area contributed by atoms with E-state index >= 15 is 0 Å². The van der Waals surface area contributed by atoms with E-state index in [1.165, 1.54) is 34.9 Å². The molecule has 10 heteroatoms. The van der Waals surface area contributed by atoms with Gasteiger partial charge in [0, 0.05) is 16.4 Å². The Kier molecular flexibility index (Phi) is 7.23. The van der Waals surface area contributed by atoms with Gasteiger partial charge in [-0.05, 0) is 60.9 Å². The van der Waals surface area contributed by atoms with Gasteiger partial charge >= 0.3 is 6.18 Å². The van der Waals surface area contributed by atoms with Crippen molar-refractivity contribution in [2.75, 3.05) is 0 Å². The Hall–Kier alpha value is -2.73. The highest BCUT2D eigenvalue weighted by Gasteiger charge is 2.35. The molecule has 1 heterocycles. The van der Waals surface area contributed by atoms with E-state index < -0.39 is 26.5 Å². The van der Waals surface area contributed by atoms with Crippen LogP contribution >= 0.6 is 23.2 Å². The van der Waals surface area contributed by atoms with E-state index in [-0.39, 0.29) is 26.5 Å². The molecule has 0 N–H and O–H groups in total. The summed E-state index contributed by atoms with van der Waals surface area (Å²) in [6.45, 7) is 5.18. The molecule has 178 valence electrons. The highest BCUT2D eigenvalue weighted by molar-refractivity contribution is 7.95. The molecule has 0 fully saturated rings.